The van der Waals surface area contributed by atoms with E-state index in [2.05, 4.69) is 62.5 Å². The van der Waals surface area contributed by atoms with Crippen molar-refractivity contribution in [2.45, 2.75) is 129 Å². The lowest BCUT2D eigenvalue weighted by molar-refractivity contribution is -0.870. The highest BCUT2D eigenvalue weighted by molar-refractivity contribution is 7.45. The van der Waals surface area contributed by atoms with Crippen LogP contribution in [0.1, 0.15) is 123 Å². The topological polar surface area (TPSA) is 111 Å². The van der Waals surface area contributed by atoms with Crippen LogP contribution in [0.3, 0.4) is 0 Å². The van der Waals surface area contributed by atoms with E-state index in [4.69, 9.17) is 18.5 Å². The zero-order chi connectivity index (χ0) is 36.5. The third kappa shape index (κ3) is 35.3. The normalized spacial score (nSPS) is 14.5. The average molecular weight is 710 g/mol. The third-order valence-electron chi connectivity index (χ3n) is 7.29. The number of hydrogen-bond donors (Lipinski definition) is 0. The summed E-state index contributed by atoms with van der Waals surface area (Å²) in [5, 5.41) is 0. The van der Waals surface area contributed by atoms with E-state index in [-0.39, 0.29) is 26.1 Å². The van der Waals surface area contributed by atoms with Crippen molar-refractivity contribution in [3.63, 3.8) is 0 Å². The van der Waals surface area contributed by atoms with Crippen molar-refractivity contribution < 1.29 is 42.1 Å². The molecule has 0 bridgehead atoms. The van der Waals surface area contributed by atoms with Crippen LogP contribution in [0.2, 0.25) is 0 Å². The zero-order valence-electron chi connectivity index (χ0n) is 31.4. The predicted octanol–water partition coefficient (Wildman–Crippen LogP) is 9.10. The second-order valence-corrected chi connectivity index (χ2v) is 14.6. The number of nitrogens with zero attached hydrogens (tertiary/aromatic N) is 1. The van der Waals surface area contributed by atoms with E-state index in [9.17, 15) is 19.0 Å². The second-order valence-electron chi connectivity index (χ2n) is 13.2. The van der Waals surface area contributed by atoms with Crippen molar-refractivity contribution in [2.24, 2.45) is 0 Å². The Hall–Kier alpha value is -2.29. The number of esters is 2. The molecule has 0 aromatic carbocycles. The van der Waals surface area contributed by atoms with Crippen molar-refractivity contribution in [1.29, 1.82) is 0 Å². The predicted molar refractivity (Wildman–Crippen MR) is 199 cm³/mol. The van der Waals surface area contributed by atoms with Gasteiger partial charge in [0.2, 0.25) is 0 Å². The Bertz CT molecular complexity index is 1030. The van der Waals surface area contributed by atoms with Crippen LogP contribution < -0.4 is 4.89 Å². The Balaban J connectivity index is 4.60. The second kappa shape index (κ2) is 31.7. The molecule has 0 rings (SSSR count). The monoisotopic (exact) mass is 709 g/mol. The van der Waals surface area contributed by atoms with Crippen LogP contribution in [0.25, 0.3) is 0 Å². The molecule has 0 aromatic rings. The van der Waals surface area contributed by atoms with Gasteiger partial charge in [-0.05, 0) is 64.2 Å². The fourth-order valence-electron chi connectivity index (χ4n) is 4.37. The number of phosphoric ester groups is 1. The molecule has 0 heterocycles. The molecule has 49 heavy (non-hydrogen) atoms. The number of phosphoric acid groups is 1. The van der Waals surface area contributed by atoms with E-state index in [0.29, 0.717) is 23.9 Å². The molecular formula is C39H68NO8P. The minimum absolute atomic E-state index is 0.0473. The molecule has 0 radical (unpaired) electrons. The quantitative estimate of drug-likeness (QED) is 0.0224. The standard InChI is InChI=1S/C39H68NO8P/c1-6-8-10-12-14-16-18-20-22-24-26-28-30-32-39(42)48-37(36-47-49(43,44)46-34-33-40(3,4)5)35-45-38(41)31-29-27-25-23-21-19-17-15-13-11-9-7-2/h8,10,14-17,20,22,26,28,37H,6-7,9,11-13,18-19,21,23-25,27,29-36H2,1-5H3/b10-8-,16-14-,17-15-,22-20-,28-26-. The maximum Gasteiger partial charge on any atom is 0.306 e. The van der Waals surface area contributed by atoms with E-state index in [1.807, 2.05) is 33.3 Å². The molecule has 9 nitrogen and oxygen atoms in total. The maximum atomic E-state index is 12.5. The van der Waals surface area contributed by atoms with Gasteiger partial charge in [0.1, 0.15) is 19.8 Å². The number of unbranched alkanes of at least 4 members (excludes halogenated alkanes) is 8. The van der Waals surface area contributed by atoms with Crippen molar-refractivity contribution in [2.75, 3.05) is 47.5 Å². The summed E-state index contributed by atoms with van der Waals surface area (Å²) < 4.78 is 33.6. The molecule has 10 heteroatoms. The minimum Gasteiger partial charge on any atom is -0.756 e. The van der Waals surface area contributed by atoms with Gasteiger partial charge in [-0.3, -0.25) is 14.2 Å². The highest BCUT2D eigenvalue weighted by atomic mass is 31.2. The first-order valence-corrected chi connectivity index (χ1v) is 20.0. The van der Waals surface area contributed by atoms with Gasteiger partial charge in [0.25, 0.3) is 7.82 Å². The van der Waals surface area contributed by atoms with E-state index in [0.717, 1.165) is 64.2 Å². The SMILES string of the molecule is CC/C=C\C/C=C\C/C=C\C/C=C\CCC(=O)OC(COC(=O)CCCCCCC/C=C\CCCCC)COP(=O)([O-])OCC[N+](C)(C)C. The number of hydrogen-bond acceptors (Lipinski definition) is 8. The summed E-state index contributed by atoms with van der Waals surface area (Å²) in [6.45, 7) is 3.95. The van der Waals surface area contributed by atoms with Gasteiger partial charge in [-0.15, -0.1) is 0 Å². The van der Waals surface area contributed by atoms with E-state index in [1.54, 1.807) is 0 Å². The molecule has 0 aliphatic rings. The van der Waals surface area contributed by atoms with Crippen LogP contribution >= 0.6 is 7.82 Å². The molecule has 0 spiro atoms. The Morgan fingerprint density at radius 2 is 1.20 bits per heavy atom. The first-order chi connectivity index (χ1) is 23.5. The number of carbonyl (C=O) groups excluding carboxylic acids is 2. The number of quaternary nitrogens is 1. The molecule has 2 unspecified atom stereocenters. The molecule has 0 amide bonds. The van der Waals surface area contributed by atoms with E-state index in [1.165, 1.54) is 19.3 Å². The summed E-state index contributed by atoms with van der Waals surface area (Å²) in [4.78, 5) is 37.2. The molecule has 2 atom stereocenters. The smallest absolute Gasteiger partial charge is 0.306 e. The number of rotatable bonds is 32. The Morgan fingerprint density at radius 3 is 1.82 bits per heavy atom. The summed E-state index contributed by atoms with van der Waals surface area (Å²) >= 11 is 0. The number of allylic oxidation sites excluding steroid dienone is 10. The Morgan fingerprint density at radius 1 is 0.653 bits per heavy atom. The van der Waals surface area contributed by atoms with Crippen molar-refractivity contribution in [3.8, 4) is 0 Å². The van der Waals surface area contributed by atoms with Crippen molar-refractivity contribution in [1.82, 2.24) is 0 Å². The van der Waals surface area contributed by atoms with Gasteiger partial charge in [-0.1, -0.05) is 107 Å². The lowest BCUT2D eigenvalue weighted by Gasteiger charge is -2.28. The third-order valence-corrected chi connectivity index (χ3v) is 8.25. The molecule has 0 N–H and O–H groups in total. The first kappa shape index (κ1) is 46.7. The number of carbonyl (C=O) groups is 2. The van der Waals surface area contributed by atoms with Gasteiger partial charge in [0.05, 0.1) is 27.7 Å². The van der Waals surface area contributed by atoms with E-state index < -0.39 is 32.5 Å². The zero-order valence-corrected chi connectivity index (χ0v) is 32.3. The summed E-state index contributed by atoms with van der Waals surface area (Å²) in [6, 6.07) is 0. The van der Waals surface area contributed by atoms with Crippen LogP contribution in [0, 0.1) is 0 Å². The Labute approximate surface area is 298 Å². The highest BCUT2D eigenvalue weighted by Crippen LogP contribution is 2.38. The lowest BCUT2D eigenvalue weighted by Crippen LogP contribution is -2.37. The fourth-order valence-corrected chi connectivity index (χ4v) is 5.09. The largest absolute Gasteiger partial charge is 0.756 e. The van der Waals surface area contributed by atoms with Crippen LogP contribution in [0.5, 0.6) is 0 Å². The maximum absolute atomic E-state index is 12.5. The van der Waals surface area contributed by atoms with Gasteiger partial charge >= 0.3 is 11.9 Å². The van der Waals surface area contributed by atoms with Gasteiger partial charge in [-0.25, -0.2) is 0 Å². The molecular weight excluding hydrogens is 641 g/mol. The number of ether oxygens (including phenoxy) is 2. The molecule has 282 valence electrons. The molecule has 0 saturated carbocycles. The molecule has 0 aliphatic heterocycles. The van der Waals surface area contributed by atoms with Crippen LogP contribution in [-0.2, 0) is 32.7 Å². The van der Waals surface area contributed by atoms with Gasteiger partial charge in [-0.2, -0.15) is 0 Å². The summed E-state index contributed by atoms with van der Waals surface area (Å²) in [5.74, 6) is -0.949. The molecule has 0 aromatic heterocycles. The van der Waals surface area contributed by atoms with Crippen LogP contribution in [0.4, 0.5) is 0 Å². The molecule has 0 saturated heterocycles. The molecule has 0 fully saturated rings. The fraction of sp³-hybridized carbons (Fsp3) is 0.692. The van der Waals surface area contributed by atoms with Gasteiger partial charge < -0.3 is 27.9 Å². The summed E-state index contributed by atoms with van der Waals surface area (Å²) in [5.41, 5.74) is 0. The average Bonchev–Trinajstić information content (AvgIpc) is 3.04. The highest BCUT2D eigenvalue weighted by Gasteiger charge is 2.21. The van der Waals surface area contributed by atoms with Crippen molar-refractivity contribution >= 4 is 19.8 Å². The summed E-state index contributed by atoms with van der Waals surface area (Å²) in [6.07, 6.45) is 35.6. The minimum atomic E-state index is -4.64. The number of likely N-dealkylation sites (N-methyl/N-ethyl adjacent to an activating group) is 1. The van der Waals surface area contributed by atoms with E-state index >= 15 is 0 Å². The Kier molecular flexibility index (Phi) is 30.2. The summed E-state index contributed by atoms with van der Waals surface area (Å²) in [7, 11) is 1.11. The van der Waals surface area contributed by atoms with Crippen molar-refractivity contribution in [3.05, 3.63) is 60.8 Å². The lowest BCUT2D eigenvalue weighted by atomic mass is 10.1. The van der Waals surface area contributed by atoms with Gasteiger partial charge in [0.15, 0.2) is 6.10 Å². The van der Waals surface area contributed by atoms with Gasteiger partial charge in [0, 0.05) is 12.8 Å². The first-order valence-electron chi connectivity index (χ1n) is 18.5. The van der Waals surface area contributed by atoms with Crippen LogP contribution in [-0.4, -0.2) is 70.0 Å². The van der Waals surface area contributed by atoms with Crippen LogP contribution in [0.15, 0.2) is 60.8 Å². The molecule has 0 aliphatic carbocycles.